The van der Waals surface area contributed by atoms with E-state index in [0.29, 0.717) is 18.4 Å². The molecule has 1 aromatic heterocycles. The zero-order valence-electron chi connectivity index (χ0n) is 27.6. The van der Waals surface area contributed by atoms with E-state index in [-0.39, 0.29) is 37.0 Å². The lowest BCUT2D eigenvalue weighted by Crippen LogP contribution is -2.60. The van der Waals surface area contributed by atoms with E-state index in [9.17, 15) is 33.9 Å². The molecule has 0 saturated carbocycles. The molecule has 0 spiro atoms. The maximum absolute atomic E-state index is 14.0. The van der Waals surface area contributed by atoms with Gasteiger partial charge in [0.1, 0.15) is 29.8 Å². The Hall–Kier alpha value is -5.06. The first kappa shape index (κ1) is 38.4. The number of likely N-dealkylation sites (tertiary alicyclic amines) is 1. The van der Waals surface area contributed by atoms with E-state index in [1.807, 2.05) is 0 Å². The summed E-state index contributed by atoms with van der Waals surface area (Å²) in [6, 6.07) is 4.11. The molecule has 1 aliphatic rings. The van der Waals surface area contributed by atoms with Crippen molar-refractivity contribution >= 4 is 47.4 Å². The lowest BCUT2D eigenvalue weighted by Gasteiger charge is -2.36. The summed E-state index contributed by atoms with van der Waals surface area (Å²) in [7, 11) is 0. The summed E-state index contributed by atoms with van der Waals surface area (Å²) >= 11 is 6.14. The molecule has 0 aliphatic carbocycles. The molecule has 0 radical (unpaired) electrons. The van der Waals surface area contributed by atoms with Crippen molar-refractivity contribution in [3.8, 4) is 0 Å². The standard InChI is InChI=1S/C31H41ClN8O9/c1-5-48-29(46)20(32)14-19(15-23-36-38-39-37-23)33-27(44)22-12-9-13-40(22)28(45)25(31(2,3)4)35-26(43)21(16-24(41)42)34-30(47)49-17-18-10-7-6-8-11-18/h6-8,10-11,14,19,21-22,25H,5,9,12-13,15-17H2,1-4H3,(H,33,44)(H,34,47)(H,35,43)(H,41,42)(H,36,37,38,39)/b20-14-/t19-,21+,22+,25+/m1/s1. The molecule has 0 bridgehead atoms. The second-order valence-electron chi connectivity index (χ2n) is 12.2. The fraction of sp³-hybridized carbons (Fsp3) is 0.516. The number of nitrogens with zero attached hydrogens (tertiary/aromatic N) is 4. The molecule has 18 heteroatoms. The van der Waals surface area contributed by atoms with Gasteiger partial charge >= 0.3 is 18.0 Å². The van der Waals surface area contributed by atoms with Crippen LogP contribution in [0, 0.1) is 5.41 Å². The van der Waals surface area contributed by atoms with Crippen LogP contribution in [0.1, 0.15) is 58.3 Å². The molecule has 17 nitrogen and oxygen atoms in total. The number of benzene rings is 1. The first-order valence-electron chi connectivity index (χ1n) is 15.6. The van der Waals surface area contributed by atoms with Crippen LogP contribution in [0.15, 0.2) is 41.4 Å². The maximum Gasteiger partial charge on any atom is 0.408 e. The Morgan fingerprint density at radius 1 is 1.10 bits per heavy atom. The van der Waals surface area contributed by atoms with E-state index in [2.05, 4.69) is 36.6 Å². The van der Waals surface area contributed by atoms with Crippen LogP contribution in [0.25, 0.3) is 0 Å². The minimum atomic E-state index is -1.57. The number of carbonyl (C=O) groups is 6. The van der Waals surface area contributed by atoms with Crippen molar-refractivity contribution < 1.29 is 43.3 Å². The van der Waals surface area contributed by atoms with E-state index < -0.39 is 71.8 Å². The van der Waals surface area contributed by atoms with Crippen LogP contribution in [-0.2, 0) is 46.5 Å². The van der Waals surface area contributed by atoms with E-state index >= 15 is 0 Å². The minimum Gasteiger partial charge on any atom is -0.481 e. The summed E-state index contributed by atoms with van der Waals surface area (Å²) in [5, 5.41) is 30.4. The monoisotopic (exact) mass is 704 g/mol. The second kappa shape index (κ2) is 17.9. The number of halogens is 1. The minimum absolute atomic E-state index is 0.00491. The van der Waals surface area contributed by atoms with E-state index in [1.165, 1.54) is 11.0 Å². The molecule has 5 N–H and O–H groups in total. The predicted molar refractivity (Wildman–Crippen MR) is 172 cm³/mol. The number of H-pyrrole nitrogens is 1. The largest absolute Gasteiger partial charge is 0.481 e. The fourth-order valence-electron chi connectivity index (χ4n) is 4.99. The Morgan fingerprint density at radius 3 is 2.43 bits per heavy atom. The fourth-order valence-corrected chi connectivity index (χ4v) is 5.20. The quantitative estimate of drug-likeness (QED) is 0.130. The van der Waals surface area contributed by atoms with Gasteiger partial charge in [-0.1, -0.05) is 67.9 Å². The normalized spacial score (nSPS) is 16.6. The van der Waals surface area contributed by atoms with Crippen molar-refractivity contribution in [3.63, 3.8) is 0 Å². The molecule has 1 saturated heterocycles. The molecule has 2 heterocycles. The molecule has 1 aromatic carbocycles. The van der Waals surface area contributed by atoms with Gasteiger partial charge in [0.15, 0.2) is 5.82 Å². The summed E-state index contributed by atoms with van der Waals surface area (Å²) in [4.78, 5) is 78.6. The Morgan fingerprint density at radius 2 is 1.82 bits per heavy atom. The number of carboxylic acids is 1. The zero-order chi connectivity index (χ0) is 36.1. The van der Waals surface area contributed by atoms with Gasteiger partial charge in [0.05, 0.1) is 19.1 Å². The van der Waals surface area contributed by atoms with E-state index in [0.717, 1.165) is 0 Å². The number of ether oxygens (including phenoxy) is 2. The first-order valence-corrected chi connectivity index (χ1v) is 15.9. The number of aromatic amines is 1. The van der Waals surface area contributed by atoms with Crippen molar-refractivity contribution in [1.29, 1.82) is 0 Å². The third-order valence-corrected chi connectivity index (χ3v) is 7.66. The van der Waals surface area contributed by atoms with Crippen LogP contribution in [0.3, 0.4) is 0 Å². The highest BCUT2D eigenvalue weighted by molar-refractivity contribution is 6.41. The number of esters is 1. The zero-order valence-corrected chi connectivity index (χ0v) is 28.4. The first-order chi connectivity index (χ1) is 23.2. The molecule has 49 heavy (non-hydrogen) atoms. The number of aromatic nitrogens is 4. The third kappa shape index (κ3) is 11.8. The number of amides is 4. The number of aliphatic carboxylic acids is 1. The number of nitrogens with one attached hydrogen (secondary N) is 4. The number of carbonyl (C=O) groups excluding carboxylic acids is 5. The van der Waals surface area contributed by atoms with Gasteiger partial charge in [-0.2, -0.15) is 5.21 Å². The van der Waals surface area contributed by atoms with Crippen LogP contribution >= 0.6 is 11.6 Å². The Balaban J connectivity index is 1.75. The highest BCUT2D eigenvalue weighted by Crippen LogP contribution is 2.26. The van der Waals surface area contributed by atoms with Gasteiger partial charge < -0.3 is 35.4 Å². The lowest BCUT2D eigenvalue weighted by atomic mass is 9.85. The molecule has 0 unspecified atom stereocenters. The molecule has 1 fully saturated rings. The molecule has 4 atom stereocenters. The number of hydrogen-bond donors (Lipinski definition) is 5. The van der Waals surface area contributed by atoms with Crippen molar-refractivity contribution in [2.45, 2.75) is 84.2 Å². The van der Waals surface area contributed by atoms with Crippen molar-refractivity contribution in [1.82, 2.24) is 41.5 Å². The molecule has 266 valence electrons. The number of hydrogen-bond acceptors (Lipinski definition) is 11. The molecular formula is C31H41ClN8O9. The molecular weight excluding hydrogens is 664 g/mol. The van der Waals surface area contributed by atoms with Crippen LogP contribution < -0.4 is 16.0 Å². The van der Waals surface area contributed by atoms with Crippen LogP contribution in [0.2, 0.25) is 0 Å². The molecule has 2 aromatic rings. The Bertz CT molecular complexity index is 1500. The van der Waals surface area contributed by atoms with Crippen molar-refractivity contribution in [3.05, 3.63) is 52.8 Å². The highest BCUT2D eigenvalue weighted by Gasteiger charge is 2.43. The summed E-state index contributed by atoms with van der Waals surface area (Å²) < 4.78 is 10.1. The summed E-state index contributed by atoms with van der Waals surface area (Å²) in [5.74, 6) is -4.02. The van der Waals surface area contributed by atoms with Crippen LogP contribution in [-0.4, -0.2) is 104 Å². The van der Waals surface area contributed by atoms with Gasteiger partial charge in [-0.3, -0.25) is 19.2 Å². The summed E-state index contributed by atoms with van der Waals surface area (Å²) in [5.41, 5.74) is -0.228. The smallest absolute Gasteiger partial charge is 0.408 e. The van der Waals surface area contributed by atoms with Crippen LogP contribution in [0.5, 0.6) is 0 Å². The van der Waals surface area contributed by atoms with Gasteiger partial charge in [0.25, 0.3) is 0 Å². The number of rotatable bonds is 15. The average molecular weight is 705 g/mol. The third-order valence-electron chi connectivity index (χ3n) is 7.38. The highest BCUT2D eigenvalue weighted by atomic mass is 35.5. The maximum atomic E-state index is 14.0. The predicted octanol–water partition coefficient (Wildman–Crippen LogP) is 1.20. The SMILES string of the molecule is CCOC(=O)/C(Cl)=C/[C@H](Cc1nn[nH]n1)NC(=O)[C@@H]1CCCN1C(=O)[C@H](NC(=O)[C@H](CC(=O)O)NC(=O)OCc1ccccc1)C(C)(C)C. The number of alkyl carbamates (subject to hydrolysis) is 1. The topological polar surface area (TPSA) is 235 Å². The van der Waals surface area contributed by atoms with Crippen molar-refractivity contribution in [2.24, 2.45) is 5.41 Å². The van der Waals surface area contributed by atoms with Gasteiger partial charge in [-0.15, -0.1) is 10.2 Å². The van der Waals surface area contributed by atoms with E-state index in [1.54, 1.807) is 58.0 Å². The Kier molecular flexibility index (Phi) is 14.0. The average Bonchev–Trinajstić information content (AvgIpc) is 3.74. The summed E-state index contributed by atoms with van der Waals surface area (Å²) in [6.07, 6.45) is 0.254. The number of carboxylic acid groups (broad SMARTS) is 1. The lowest BCUT2D eigenvalue weighted by molar-refractivity contribution is -0.145. The molecule has 4 amide bonds. The molecule has 1 aliphatic heterocycles. The van der Waals surface area contributed by atoms with E-state index in [4.69, 9.17) is 21.1 Å². The van der Waals surface area contributed by atoms with Crippen LogP contribution in [0.4, 0.5) is 4.79 Å². The van der Waals surface area contributed by atoms with Gasteiger partial charge in [-0.25, -0.2) is 9.59 Å². The van der Waals surface area contributed by atoms with Gasteiger partial charge in [-0.05, 0) is 36.8 Å². The Labute approximate surface area is 287 Å². The van der Waals surface area contributed by atoms with Crippen molar-refractivity contribution in [2.75, 3.05) is 13.2 Å². The summed E-state index contributed by atoms with van der Waals surface area (Å²) in [6.45, 7) is 6.85. The number of tetrazole rings is 1. The molecule has 3 rings (SSSR count). The van der Waals surface area contributed by atoms with Gasteiger partial charge in [0, 0.05) is 13.0 Å². The second-order valence-corrected chi connectivity index (χ2v) is 12.6. The van der Waals surface area contributed by atoms with Gasteiger partial charge in [0.2, 0.25) is 17.7 Å².